The van der Waals surface area contributed by atoms with Crippen LogP contribution in [0.5, 0.6) is 0 Å². The molecule has 0 spiro atoms. The van der Waals surface area contributed by atoms with E-state index in [0.29, 0.717) is 0 Å². The van der Waals surface area contributed by atoms with E-state index >= 15 is 0 Å². The molecular formula is InMgOZn+5. The van der Waals surface area contributed by atoms with E-state index in [4.69, 9.17) is 0 Å². The van der Waals surface area contributed by atoms with Gasteiger partial charge in [-0.15, -0.1) is 0 Å². The Morgan fingerprint density at radius 1 is 1.00 bits per heavy atom. The van der Waals surface area contributed by atoms with Gasteiger partial charge >= 0.3 is 68.4 Å². The SMILES string of the molecule is [In+3].[Mg+2].[O-2].[Zn+2]. The Kier molecular flexibility index (Phi) is 162. The summed E-state index contributed by atoms with van der Waals surface area (Å²) >= 11 is 0. The van der Waals surface area contributed by atoms with E-state index in [0.717, 1.165) is 0 Å². The Bertz CT molecular complexity index is 8.00. The molecule has 0 amide bonds. The Hall–Kier alpha value is 2.22. The topological polar surface area (TPSA) is 28.5 Å². The van der Waals surface area contributed by atoms with Crippen LogP contribution in [0.4, 0.5) is 0 Å². The summed E-state index contributed by atoms with van der Waals surface area (Å²) in [7, 11) is 0. The molecular weight excluding hydrogens is 221 g/mol. The third-order valence-corrected chi connectivity index (χ3v) is 0. The first-order chi connectivity index (χ1) is 0. The van der Waals surface area contributed by atoms with Crippen LogP contribution in [0.15, 0.2) is 0 Å². The fourth-order valence-corrected chi connectivity index (χ4v) is 0. The molecule has 4 heteroatoms. The molecule has 0 bridgehead atoms. The van der Waals surface area contributed by atoms with Gasteiger partial charge in [0.15, 0.2) is 0 Å². The van der Waals surface area contributed by atoms with Crippen molar-refractivity contribution in [3.05, 3.63) is 0 Å². The zero-order chi connectivity index (χ0) is 0. The fourth-order valence-electron chi connectivity index (χ4n) is 0. The molecule has 0 aromatic rings. The van der Waals surface area contributed by atoms with Crippen LogP contribution >= 0.6 is 0 Å². The quantitative estimate of drug-likeness (QED) is 0.475. The van der Waals surface area contributed by atoms with Crippen LogP contribution in [0.3, 0.4) is 0 Å². The number of rotatable bonds is 0. The third-order valence-electron chi connectivity index (χ3n) is 0. The summed E-state index contributed by atoms with van der Waals surface area (Å²) in [4.78, 5) is 0. The maximum absolute atomic E-state index is 0. The summed E-state index contributed by atoms with van der Waals surface area (Å²) in [5.41, 5.74) is 0. The molecule has 0 aliphatic heterocycles. The number of hydrogen-bond acceptors (Lipinski definition) is 0. The summed E-state index contributed by atoms with van der Waals surface area (Å²) in [6.07, 6.45) is 0. The molecule has 0 saturated carbocycles. The van der Waals surface area contributed by atoms with Crippen molar-refractivity contribution in [2.45, 2.75) is 0 Å². The number of hydrogen-bond donors (Lipinski definition) is 0. The molecule has 1 nitrogen and oxygen atoms in total. The molecule has 0 aliphatic carbocycles. The maximum Gasteiger partial charge on any atom is 3.00 e. The van der Waals surface area contributed by atoms with Crippen molar-refractivity contribution in [2.24, 2.45) is 0 Å². The van der Waals surface area contributed by atoms with Crippen LogP contribution in [0.2, 0.25) is 0 Å². The summed E-state index contributed by atoms with van der Waals surface area (Å²) in [5, 5.41) is 0. The van der Waals surface area contributed by atoms with E-state index in [-0.39, 0.29) is 73.9 Å². The van der Waals surface area contributed by atoms with Crippen molar-refractivity contribution in [3.8, 4) is 0 Å². The van der Waals surface area contributed by atoms with Crippen LogP contribution in [-0.4, -0.2) is 48.9 Å². The van der Waals surface area contributed by atoms with E-state index in [2.05, 4.69) is 0 Å². The molecule has 0 aliphatic rings. The molecule has 0 N–H and O–H groups in total. The standard InChI is InChI=1S/In.Mg.O.Zn/q+3;+2;-2;+2. The van der Waals surface area contributed by atoms with Crippen molar-refractivity contribution in [1.29, 1.82) is 0 Å². The molecule has 0 saturated heterocycles. The Morgan fingerprint density at radius 3 is 1.00 bits per heavy atom. The van der Waals surface area contributed by atoms with Crippen LogP contribution in [0, 0.1) is 0 Å². The zero-order valence-corrected chi connectivity index (χ0v) is 10.1. The Balaban J connectivity index is 0. The summed E-state index contributed by atoms with van der Waals surface area (Å²) in [6.45, 7) is 0. The van der Waals surface area contributed by atoms with Gasteiger partial charge in [0, 0.05) is 0 Å². The first-order valence-electron chi connectivity index (χ1n) is 0. The molecule has 4 heavy (non-hydrogen) atoms. The first-order valence-corrected chi connectivity index (χ1v) is 0. The summed E-state index contributed by atoms with van der Waals surface area (Å²) in [5.74, 6) is 0. The van der Waals surface area contributed by atoms with Gasteiger partial charge in [0.05, 0.1) is 0 Å². The van der Waals surface area contributed by atoms with Gasteiger partial charge < -0.3 is 5.48 Å². The monoisotopic (exact) mass is 219 g/mol. The van der Waals surface area contributed by atoms with Crippen molar-refractivity contribution in [1.82, 2.24) is 0 Å². The van der Waals surface area contributed by atoms with Gasteiger partial charge in [-0.1, -0.05) is 0 Å². The van der Waals surface area contributed by atoms with E-state index in [9.17, 15) is 0 Å². The van der Waals surface area contributed by atoms with E-state index in [1.807, 2.05) is 0 Å². The largest absolute Gasteiger partial charge is 3.00 e. The normalized spacial score (nSPS) is 0. The molecule has 0 fully saturated rings. The molecule has 0 aromatic heterocycles. The van der Waals surface area contributed by atoms with Gasteiger partial charge in [0.2, 0.25) is 0 Å². The average molecular weight is 221 g/mol. The first kappa shape index (κ1) is 34.4. The predicted molar refractivity (Wildman–Crippen MR) is 12.2 cm³/mol. The van der Waals surface area contributed by atoms with Crippen LogP contribution in [-0.2, 0) is 25.0 Å². The van der Waals surface area contributed by atoms with Crippen LogP contribution in [0.1, 0.15) is 0 Å². The van der Waals surface area contributed by atoms with Crippen molar-refractivity contribution >= 4 is 48.9 Å². The van der Waals surface area contributed by atoms with Gasteiger partial charge in [-0.25, -0.2) is 0 Å². The van der Waals surface area contributed by atoms with Crippen molar-refractivity contribution < 1.29 is 25.0 Å². The minimum absolute atomic E-state index is 0. The zero-order valence-electron chi connectivity index (χ0n) is 2.40. The third kappa shape index (κ3) is 8.88. The average Bonchev–Trinajstić information content (AvgIpc) is 0. The van der Waals surface area contributed by atoms with E-state index < -0.39 is 0 Å². The molecule has 0 atom stereocenters. The molecule has 0 radical (unpaired) electrons. The molecule has 0 unspecified atom stereocenters. The molecule has 0 heterocycles. The second-order valence-corrected chi connectivity index (χ2v) is 0. The van der Waals surface area contributed by atoms with E-state index in [1.165, 1.54) is 0 Å². The second kappa shape index (κ2) is 18.9. The molecule has 8 valence electrons. The van der Waals surface area contributed by atoms with Crippen molar-refractivity contribution in [2.75, 3.05) is 0 Å². The fraction of sp³-hybridized carbons (Fsp3) is 0. The Labute approximate surface area is 72.9 Å². The maximum atomic E-state index is 0. The summed E-state index contributed by atoms with van der Waals surface area (Å²) in [6, 6.07) is 0. The Morgan fingerprint density at radius 2 is 1.00 bits per heavy atom. The van der Waals surface area contributed by atoms with Gasteiger partial charge in [-0.3, -0.25) is 0 Å². The minimum Gasteiger partial charge on any atom is -2.00 e. The van der Waals surface area contributed by atoms with Gasteiger partial charge in [-0.05, 0) is 0 Å². The van der Waals surface area contributed by atoms with Gasteiger partial charge in [0.1, 0.15) is 0 Å². The van der Waals surface area contributed by atoms with Crippen LogP contribution < -0.4 is 0 Å². The molecule has 0 aromatic carbocycles. The minimum atomic E-state index is 0. The van der Waals surface area contributed by atoms with Crippen molar-refractivity contribution in [3.63, 3.8) is 0 Å². The van der Waals surface area contributed by atoms with Gasteiger partial charge in [0.25, 0.3) is 0 Å². The van der Waals surface area contributed by atoms with Crippen LogP contribution in [0.25, 0.3) is 0 Å². The second-order valence-electron chi connectivity index (χ2n) is 0. The van der Waals surface area contributed by atoms with E-state index in [1.54, 1.807) is 0 Å². The summed E-state index contributed by atoms with van der Waals surface area (Å²) < 4.78 is 0. The van der Waals surface area contributed by atoms with Gasteiger partial charge in [-0.2, -0.15) is 0 Å². The predicted octanol–water partition coefficient (Wildman–Crippen LogP) is -0.883. The smallest absolute Gasteiger partial charge is 2.00 e. The molecule has 0 rings (SSSR count).